The van der Waals surface area contributed by atoms with E-state index in [1.807, 2.05) is 0 Å². The highest BCUT2D eigenvalue weighted by Crippen LogP contribution is 2.71. The van der Waals surface area contributed by atoms with Gasteiger partial charge in [-0.3, -0.25) is 9.59 Å². The third kappa shape index (κ3) is 2.20. The van der Waals surface area contributed by atoms with Crippen molar-refractivity contribution in [2.45, 2.75) is 76.4 Å². The van der Waals surface area contributed by atoms with E-state index in [2.05, 4.69) is 0 Å². The van der Waals surface area contributed by atoms with Crippen LogP contribution < -0.4 is 0 Å². The van der Waals surface area contributed by atoms with Gasteiger partial charge in [0.1, 0.15) is 12.2 Å². The Bertz CT molecular complexity index is 796. The number of halogens is 1. The van der Waals surface area contributed by atoms with Crippen molar-refractivity contribution in [2.24, 2.45) is 28.6 Å². The molecule has 0 saturated heterocycles. The number of rotatable bonds is 2. The number of fused-ring (bicyclic) bond motifs is 5. The lowest BCUT2D eigenvalue weighted by Crippen LogP contribution is -2.72. The molecule has 0 heterocycles. The minimum absolute atomic E-state index is 0.152. The van der Waals surface area contributed by atoms with E-state index in [1.165, 1.54) is 6.08 Å². The van der Waals surface area contributed by atoms with Gasteiger partial charge >= 0.3 is 0 Å². The van der Waals surface area contributed by atoms with E-state index < -0.39 is 64.5 Å². The van der Waals surface area contributed by atoms with E-state index >= 15 is 4.39 Å². The van der Waals surface area contributed by atoms with Gasteiger partial charge in [0, 0.05) is 17.8 Å². The lowest BCUT2D eigenvalue weighted by Gasteiger charge is -2.64. The Kier molecular flexibility index (Phi) is 4.50. The largest absolute Gasteiger partial charge is 0.392 e. The summed E-state index contributed by atoms with van der Waals surface area (Å²) in [5, 5.41) is 42.8. The molecule has 4 aliphatic rings. The first-order valence-corrected chi connectivity index (χ1v) is 10.5. The predicted octanol–water partition coefficient (Wildman–Crippen LogP) is 1.09. The number of carbonyl (C=O) groups excluding carboxylic acids is 2. The molecule has 0 radical (unpaired) electrons. The van der Waals surface area contributed by atoms with Gasteiger partial charge in [0.25, 0.3) is 0 Å². The van der Waals surface area contributed by atoms with Crippen molar-refractivity contribution < 1.29 is 34.4 Å². The summed E-state index contributed by atoms with van der Waals surface area (Å²) in [7, 11) is 0. The van der Waals surface area contributed by atoms with Gasteiger partial charge in [0.05, 0.1) is 17.6 Å². The van der Waals surface area contributed by atoms with Crippen molar-refractivity contribution in [3.63, 3.8) is 0 Å². The molecule has 0 bridgehead atoms. The van der Waals surface area contributed by atoms with E-state index in [0.29, 0.717) is 24.8 Å². The third-order valence-electron chi connectivity index (χ3n) is 9.29. The Hall–Kier alpha value is -1.15. The van der Waals surface area contributed by atoms with E-state index in [-0.39, 0.29) is 18.6 Å². The molecule has 3 saturated carbocycles. The summed E-state index contributed by atoms with van der Waals surface area (Å²) in [5.74, 6) is -2.49. The Morgan fingerprint density at radius 1 is 1.24 bits per heavy atom. The number of aliphatic hydroxyl groups excluding tert-OH is 3. The average molecular weight is 410 g/mol. The number of hydrogen-bond acceptors (Lipinski definition) is 6. The molecule has 0 aromatic rings. The number of aliphatic hydroxyl groups is 4. The molecule has 1 unspecified atom stereocenters. The molecule has 0 spiro atoms. The van der Waals surface area contributed by atoms with Crippen LogP contribution in [0.2, 0.25) is 0 Å². The fourth-order valence-corrected chi connectivity index (χ4v) is 7.67. The molecule has 0 aromatic heterocycles. The Balaban J connectivity index is 1.85. The Labute approximate surface area is 169 Å². The maximum absolute atomic E-state index is 17.0. The van der Waals surface area contributed by atoms with Crippen LogP contribution in [0.5, 0.6) is 0 Å². The smallest absolute Gasteiger partial charge is 0.190 e. The normalized spacial score (nSPS) is 54.3. The van der Waals surface area contributed by atoms with Crippen LogP contribution in [-0.4, -0.2) is 62.1 Å². The molecule has 0 amide bonds. The second-order valence-corrected chi connectivity index (χ2v) is 10.2. The molecule has 6 nitrogen and oxygen atoms in total. The molecule has 4 rings (SSSR count). The van der Waals surface area contributed by atoms with Crippen molar-refractivity contribution >= 4 is 11.6 Å². The fourth-order valence-electron chi connectivity index (χ4n) is 7.67. The first kappa shape index (κ1) is 21.1. The third-order valence-corrected chi connectivity index (χ3v) is 9.29. The summed E-state index contributed by atoms with van der Waals surface area (Å²) in [4.78, 5) is 24.5. The first-order chi connectivity index (χ1) is 13.4. The van der Waals surface area contributed by atoms with Crippen molar-refractivity contribution in [2.75, 3.05) is 6.61 Å². The molecule has 0 aromatic carbocycles. The lowest BCUT2D eigenvalue weighted by atomic mass is 9.43. The van der Waals surface area contributed by atoms with Crippen LogP contribution in [0.1, 0.15) is 52.9 Å². The molecule has 4 aliphatic carbocycles. The number of hydrogen-bond donors (Lipinski definition) is 4. The van der Waals surface area contributed by atoms with Gasteiger partial charge in [0.15, 0.2) is 17.2 Å². The summed E-state index contributed by atoms with van der Waals surface area (Å²) in [5.41, 5.74) is -5.95. The summed E-state index contributed by atoms with van der Waals surface area (Å²) >= 11 is 0. The number of Topliss-reactive ketones (excluding diaryl/α,β-unsaturated/α-hetero) is 1. The van der Waals surface area contributed by atoms with E-state index in [9.17, 15) is 30.0 Å². The second-order valence-electron chi connectivity index (χ2n) is 10.2. The Morgan fingerprint density at radius 2 is 1.90 bits per heavy atom. The van der Waals surface area contributed by atoms with Gasteiger partial charge < -0.3 is 20.4 Å². The van der Waals surface area contributed by atoms with E-state index in [4.69, 9.17) is 0 Å². The number of carbonyl (C=O) groups is 2. The Morgan fingerprint density at radius 3 is 2.52 bits per heavy atom. The van der Waals surface area contributed by atoms with Crippen LogP contribution in [0.25, 0.3) is 0 Å². The fraction of sp³-hybridized carbons (Fsp3) is 0.818. The topological polar surface area (TPSA) is 115 Å². The van der Waals surface area contributed by atoms with Crippen LogP contribution in [0.3, 0.4) is 0 Å². The molecule has 9 atom stereocenters. The molecular formula is C22H31FO6. The van der Waals surface area contributed by atoms with Crippen LogP contribution in [-0.2, 0) is 9.59 Å². The van der Waals surface area contributed by atoms with Gasteiger partial charge in [-0.1, -0.05) is 26.3 Å². The molecule has 4 N–H and O–H groups in total. The maximum atomic E-state index is 17.0. The standard InChI is InChI=1S/C22H31FO6/c1-11-6-15-14-5-4-12-7-13(25)8-16(26)20(12,3)21(14,23)17(27)9-19(15,2)22(11,29)18(28)10-24/h7,11,14-17,24,26-27,29H,4-6,8-10H2,1-3H3/t11-,14+,15+,16?,17+,19+,20-,21+,22+/m1/s1. The maximum Gasteiger partial charge on any atom is 0.190 e. The van der Waals surface area contributed by atoms with Crippen molar-refractivity contribution in [3.05, 3.63) is 11.6 Å². The monoisotopic (exact) mass is 410 g/mol. The quantitative estimate of drug-likeness (QED) is 0.542. The van der Waals surface area contributed by atoms with Gasteiger partial charge in [-0.15, -0.1) is 0 Å². The molecule has 29 heavy (non-hydrogen) atoms. The van der Waals surface area contributed by atoms with Crippen LogP contribution in [0.15, 0.2) is 11.6 Å². The molecular weight excluding hydrogens is 379 g/mol. The SMILES string of the molecule is C[C@@H]1C[C@H]2[C@@H]3CCC4=CC(=O)CC(O)[C@]4(C)[C@@]3(F)[C@@H](O)C[C@]2(C)[C@@]1(O)C(=O)CO. The van der Waals surface area contributed by atoms with Crippen molar-refractivity contribution in [3.8, 4) is 0 Å². The molecule has 162 valence electrons. The highest BCUT2D eigenvalue weighted by molar-refractivity contribution is 5.92. The molecule has 3 fully saturated rings. The van der Waals surface area contributed by atoms with Crippen molar-refractivity contribution in [1.82, 2.24) is 0 Å². The average Bonchev–Trinajstić information content (AvgIpc) is 2.85. The zero-order valence-electron chi connectivity index (χ0n) is 17.2. The van der Waals surface area contributed by atoms with Gasteiger partial charge in [-0.05, 0) is 43.6 Å². The summed E-state index contributed by atoms with van der Waals surface area (Å²) in [6.45, 7) is 4.23. The zero-order chi connectivity index (χ0) is 21.6. The van der Waals surface area contributed by atoms with Crippen molar-refractivity contribution in [1.29, 1.82) is 0 Å². The van der Waals surface area contributed by atoms with E-state index in [0.717, 1.165) is 0 Å². The molecule has 7 heteroatoms. The zero-order valence-corrected chi connectivity index (χ0v) is 17.2. The highest BCUT2D eigenvalue weighted by atomic mass is 19.1. The van der Waals surface area contributed by atoms with Gasteiger partial charge in [0.2, 0.25) is 0 Å². The minimum Gasteiger partial charge on any atom is -0.392 e. The predicted molar refractivity (Wildman–Crippen MR) is 101 cm³/mol. The number of alkyl halides is 1. The summed E-state index contributed by atoms with van der Waals surface area (Å²) in [6.07, 6.45) is -0.482. The highest BCUT2D eigenvalue weighted by Gasteiger charge is 2.76. The van der Waals surface area contributed by atoms with Crippen LogP contribution >= 0.6 is 0 Å². The lowest BCUT2D eigenvalue weighted by molar-refractivity contribution is -0.242. The van der Waals surface area contributed by atoms with Crippen LogP contribution in [0, 0.1) is 28.6 Å². The summed E-state index contributed by atoms with van der Waals surface area (Å²) < 4.78 is 17.0. The van der Waals surface area contributed by atoms with E-state index in [1.54, 1.807) is 20.8 Å². The van der Waals surface area contributed by atoms with Gasteiger partial charge in [-0.25, -0.2) is 4.39 Å². The van der Waals surface area contributed by atoms with Gasteiger partial charge in [-0.2, -0.15) is 0 Å². The molecule has 0 aliphatic heterocycles. The van der Waals surface area contributed by atoms with Crippen LogP contribution in [0.4, 0.5) is 4.39 Å². The minimum atomic E-state index is -2.17. The summed E-state index contributed by atoms with van der Waals surface area (Å²) in [6, 6.07) is 0. The first-order valence-electron chi connectivity index (χ1n) is 10.5. The second kappa shape index (κ2) is 6.19. The number of ketones is 2.